The molecule has 3 unspecified atom stereocenters. The zero-order chi connectivity index (χ0) is 17.7. The topological polar surface area (TPSA) is 49.3 Å². The lowest BCUT2D eigenvalue weighted by Crippen LogP contribution is -2.36. The van der Waals surface area contributed by atoms with E-state index in [2.05, 4.69) is 5.32 Å². The van der Waals surface area contributed by atoms with Crippen LogP contribution in [0.15, 0.2) is 48.5 Å². The van der Waals surface area contributed by atoms with E-state index < -0.39 is 6.10 Å². The monoisotopic (exact) mass is 329 g/mol. The fourth-order valence-electron chi connectivity index (χ4n) is 2.67. The highest BCUT2D eigenvalue weighted by molar-refractivity contribution is 5.83. The fraction of sp³-hybridized carbons (Fsp3) is 0.350. The van der Waals surface area contributed by atoms with Gasteiger partial charge in [0.15, 0.2) is 0 Å². The first-order chi connectivity index (χ1) is 11.4. The molecular formula is C20H24FNO2. The summed E-state index contributed by atoms with van der Waals surface area (Å²) < 4.78 is 12.9. The molecular weight excluding hydrogens is 305 g/mol. The highest BCUT2D eigenvalue weighted by Gasteiger charge is 2.19. The smallest absolute Gasteiger partial charge is 0.227 e. The highest BCUT2D eigenvalue weighted by Crippen LogP contribution is 2.20. The molecule has 0 saturated heterocycles. The molecule has 24 heavy (non-hydrogen) atoms. The number of aliphatic hydroxyl groups excluding tert-OH is 1. The van der Waals surface area contributed by atoms with Crippen LogP contribution in [0.1, 0.15) is 49.0 Å². The molecule has 0 spiro atoms. The Morgan fingerprint density at radius 3 is 2.42 bits per heavy atom. The van der Waals surface area contributed by atoms with Crippen molar-refractivity contribution in [3.63, 3.8) is 0 Å². The maximum atomic E-state index is 12.9. The Balaban J connectivity index is 1.92. The summed E-state index contributed by atoms with van der Waals surface area (Å²) in [5, 5.41) is 13.1. The first kappa shape index (κ1) is 18.1. The summed E-state index contributed by atoms with van der Waals surface area (Å²) in [4.78, 5) is 12.4. The van der Waals surface area contributed by atoms with Gasteiger partial charge in [-0.15, -0.1) is 0 Å². The summed E-state index contributed by atoms with van der Waals surface area (Å²) in [5.74, 6) is -0.658. The molecule has 3 atom stereocenters. The van der Waals surface area contributed by atoms with Crippen LogP contribution in [0.2, 0.25) is 0 Å². The molecule has 4 heteroatoms. The van der Waals surface area contributed by atoms with Crippen molar-refractivity contribution in [1.29, 1.82) is 0 Å². The number of aliphatic hydroxyl groups is 1. The van der Waals surface area contributed by atoms with E-state index in [9.17, 15) is 14.3 Å². The van der Waals surface area contributed by atoms with Crippen molar-refractivity contribution < 1.29 is 14.3 Å². The number of benzene rings is 2. The van der Waals surface area contributed by atoms with Gasteiger partial charge in [0.25, 0.3) is 0 Å². The van der Waals surface area contributed by atoms with Crippen molar-refractivity contribution in [2.75, 3.05) is 0 Å². The third-order valence-corrected chi connectivity index (χ3v) is 4.16. The summed E-state index contributed by atoms with van der Waals surface area (Å²) in [5.41, 5.74) is 2.73. The molecule has 2 rings (SSSR count). The van der Waals surface area contributed by atoms with Gasteiger partial charge >= 0.3 is 0 Å². The average Bonchev–Trinajstić information content (AvgIpc) is 2.54. The summed E-state index contributed by atoms with van der Waals surface area (Å²) >= 11 is 0. The molecule has 128 valence electrons. The third kappa shape index (κ3) is 4.90. The average molecular weight is 329 g/mol. The summed E-state index contributed by atoms with van der Waals surface area (Å²) in [6.45, 7) is 5.72. The highest BCUT2D eigenvalue weighted by atomic mass is 19.1. The van der Waals surface area contributed by atoms with Crippen molar-refractivity contribution in [2.45, 2.75) is 45.3 Å². The molecule has 1 amide bonds. The molecule has 0 aromatic heterocycles. The fourth-order valence-corrected chi connectivity index (χ4v) is 2.67. The zero-order valence-electron chi connectivity index (χ0n) is 14.3. The van der Waals surface area contributed by atoms with E-state index in [1.807, 2.05) is 45.0 Å². The second-order valence-corrected chi connectivity index (χ2v) is 6.35. The van der Waals surface area contributed by atoms with Crippen molar-refractivity contribution in [2.24, 2.45) is 0 Å². The lowest BCUT2D eigenvalue weighted by atomic mass is 9.97. The minimum Gasteiger partial charge on any atom is -0.388 e. The number of halogens is 1. The molecule has 0 saturated carbocycles. The van der Waals surface area contributed by atoms with Gasteiger partial charge in [-0.3, -0.25) is 4.79 Å². The second-order valence-electron chi connectivity index (χ2n) is 6.35. The van der Waals surface area contributed by atoms with E-state index in [1.54, 1.807) is 12.1 Å². The van der Waals surface area contributed by atoms with Crippen LogP contribution in [0, 0.1) is 12.7 Å². The second kappa shape index (κ2) is 8.06. The van der Waals surface area contributed by atoms with E-state index in [0.717, 1.165) is 11.1 Å². The quantitative estimate of drug-likeness (QED) is 0.845. The molecule has 0 heterocycles. The maximum absolute atomic E-state index is 12.9. The number of hydrogen-bond acceptors (Lipinski definition) is 2. The molecule has 0 radical (unpaired) electrons. The lowest BCUT2D eigenvalue weighted by Gasteiger charge is -2.21. The summed E-state index contributed by atoms with van der Waals surface area (Å²) in [6.07, 6.45) is -0.368. The molecule has 0 aliphatic rings. The van der Waals surface area contributed by atoms with Crippen LogP contribution >= 0.6 is 0 Å². The lowest BCUT2D eigenvalue weighted by molar-refractivity contribution is -0.123. The van der Waals surface area contributed by atoms with Crippen LogP contribution in [-0.4, -0.2) is 17.1 Å². The summed E-state index contributed by atoms with van der Waals surface area (Å²) in [7, 11) is 0. The van der Waals surface area contributed by atoms with E-state index in [0.29, 0.717) is 12.0 Å². The Kier molecular flexibility index (Phi) is 6.10. The Bertz CT molecular complexity index is 684. The number of aryl methyl sites for hydroxylation is 1. The predicted octanol–water partition coefficient (Wildman–Crippen LogP) is 3.87. The van der Waals surface area contributed by atoms with Crippen molar-refractivity contribution in [3.05, 3.63) is 71.0 Å². The van der Waals surface area contributed by atoms with E-state index in [4.69, 9.17) is 0 Å². The Hall–Kier alpha value is -2.20. The number of rotatable bonds is 6. The number of nitrogens with one attached hydrogen (secondary N) is 1. The number of amides is 1. The number of carbonyl (C=O) groups is 1. The molecule has 2 aromatic rings. The van der Waals surface area contributed by atoms with E-state index in [-0.39, 0.29) is 23.7 Å². The molecule has 0 aliphatic carbocycles. The first-order valence-electron chi connectivity index (χ1n) is 8.17. The largest absolute Gasteiger partial charge is 0.388 e. The molecule has 2 aromatic carbocycles. The van der Waals surface area contributed by atoms with Crippen molar-refractivity contribution in [1.82, 2.24) is 5.32 Å². The zero-order valence-corrected chi connectivity index (χ0v) is 14.3. The van der Waals surface area contributed by atoms with Crippen LogP contribution in [0.5, 0.6) is 0 Å². The standard InChI is InChI=1S/C20H24FNO2/c1-13-5-4-6-17(11-13)15(3)20(24)22-14(2)12-19(23)16-7-9-18(21)10-8-16/h4-11,14-15,19,23H,12H2,1-3H3,(H,22,24). The van der Waals surface area contributed by atoms with Crippen LogP contribution in [0.25, 0.3) is 0 Å². The van der Waals surface area contributed by atoms with Gasteiger partial charge in [-0.05, 0) is 50.5 Å². The predicted molar refractivity (Wildman–Crippen MR) is 93.2 cm³/mol. The van der Waals surface area contributed by atoms with Crippen molar-refractivity contribution in [3.8, 4) is 0 Å². The normalized spacial score (nSPS) is 14.7. The van der Waals surface area contributed by atoms with Gasteiger partial charge in [-0.1, -0.05) is 42.0 Å². The minimum absolute atomic E-state index is 0.0700. The van der Waals surface area contributed by atoms with Crippen LogP contribution in [0.4, 0.5) is 4.39 Å². The molecule has 0 bridgehead atoms. The van der Waals surface area contributed by atoms with Crippen LogP contribution < -0.4 is 5.32 Å². The van der Waals surface area contributed by atoms with Gasteiger partial charge in [0.2, 0.25) is 5.91 Å². The third-order valence-electron chi connectivity index (χ3n) is 4.16. The number of carbonyl (C=O) groups excluding carboxylic acids is 1. The molecule has 0 fully saturated rings. The number of hydrogen-bond donors (Lipinski definition) is 2. The summed E-state index contributed by atoms with van der Waals surface area (Å²) in [6, 6.07) is 13.4. The molecule has 0 aliphatic heterocycles. The van der Waals surface area contributed by atoms with E-state index >= 15 is 0 Å². The van der Waals surface area contributed by atoms with Gasteiger partial charge in [0.05, 0.1) is 12.0 Å². The SMILES string of the molecule is Cc1cccc(C(C)C(=O)NC(C)CC(O)c2ccc(F)cc2)c1. The van der Waals surface area contributed by atoms with Gasteiger partial charge in [-0.2, -0.15) is 0 Å². The molecule has 3 nitrogen and oxygen atoms in total. The van der Waals surface area contributed by atoms with Crippen LogP contribution in [-0.2, 0) is 4.79 Å². The van der Waals surface area contributed by atoms with Gasteiger partial charge < -0.3 is 10.4 Å². The van der Waals surface area contributed by atoms with Crippen LogP contribution in [0.3, 0.4) is 0 Å². The first-order valence-corrected chi connectivity index (χ1v) is 8.17. The Morgan fingerprint density at radius 1 is 1.12 bits per heavy atom. The van der Waals surface area contributed by atoms with E-state index in [1.165, 1.54) is 12.1 Å². The minimum atomic E-state index is -0.741. The molecule has 2 N–H and O–H groups in total. The Morgan fingerprint density at radius 2 is 1.79 bits per heavy atom. The maximum Gasteiger partial charge on any atom is 0.227 e. The van der Waals surface area contributed by atoms with Crippen molar-refractivity contribution >= 4 is 5.91 Å². The van der Waals surface area contributed by atoms with Gasteiger partial charge in [0.1, 0.15) is 5.82 Å². The Labute approximate surface area is 142 Å². The van der Waals surface area contributed by atoms with Gasteiger partial charge in [0, 0.05) is 6.04 Å². The van der Waals surface area contributed by atoms with Gasteiger partial charge in [-0.25, -0.2) is 4.39 Å².